The van der Waals surface area contributed by atoms with Gasteiger partial charge in [-0.1, -0.05) is 0 Å². The average molecular weight is 289 g/mol. The molecular weight excluding hydrogens is 281 g/mol. The highest BCUT2D eigenvalue weighted by Gasteiger charge is 2.09. The first kappa shape index (κ1) is 10.1. The summed E-state index contributed by atoms with van der Waals surface area (Å²) in [5, 5.41) is 8.70. The normalized spacial score (nSPS) is 9.08. The number of benzene rings is 1. The quantitative estimate of drug-likeness (QED) is 0.784. The molecule has 0 fully saturated rings. The van der Waals surface area contributed by atoms with Crippen LogP contribution in [0.3, 0.4) is 0 Å². The summed E-state index contributed by atoms with van der Waals surface area (Å²) < 4.78 is 11.1. The molecule has 68 valence electrons. The molecule has 0 radical (unpaired) electrons. The molecule has 4 heteroatoms. The molecule has 0 aliphatic carbocycles. The molecule has 1 aromatic carbocycles. The molecule has 1 aromatic rings. The van der Waals surface area contributed by atoms with Crippen molar-refractivity contribution in [1.82, 2.24) is 0 Å². The van der Waals surface area contributed by atoms with Crippen LogP contribution in [0.1, 0.15) is 5.56 Å². The number of halogens is 1. The Hall–Kier alpha value is -0.960. The summed E-state index contributed by atoms with van der Waals surface area (Å²) in [7, 11) is 3.13. The minimum Gasteiger partial charge on any atom is -0.493 e. The van der Waals surface area contributed by atoms with Crippen molar-refractivity contribution in [2.45, 2.75) is 0 Å². The van der Waals surface area contributed by atoms with Crippen LogP contribution in [0.25, 0.3) is 0 Å². The Morgan fingerprint density at radius 2 is 2.00 bits per heavy atom. The fourth-order valence-corrected chi connectivity index (χ4v) is 1.80. The van der Waals surface area contributed by atoms with Crippen molar-refractivity contribution in [3.05, 3.63) is 21.3 Å². The third-order valence-corrected chi connectivity index (χ3v) is 2.36. The fourth-order valence-electron chi connectivity index (χ4n) is 0.982. The van der Waals surface area contributed by atoms with Crippen LogP contribution in [-0.4, -0.2) is 14.2 Å². The summed E-state index contributed by atoms with van der Waals surface area (Å²) in [5.74, 6) is 1.26. The number of hydrogen-bond acceptors (Lipinski definition) is 3. The Morgan fingerprint density at radius 1 is 1.31 bits per heavy atom. The summed E-state index contributed by atoms with van der Waals surface area (Å²) in [6.07, 6.45) is 0. The van der Waals surface area contributed by atoms with E-state index >= 15 is 0 Å². The minimum absolute atomic E-state index is 0.571. The van der Waals surface area contributed by atoms with Crippen molar-refractivity contribution in [2.24, 2.45) is 0 Å². The van der Waals surface area contributed by atoms with Gasteiger partial charge in [0.1, 0.15) is 0 Å². The first-order valence-electron chi connectivity index (χ1n) is 3.54. The maximum atomic E-state index is 8.70. The first-order chi connectivity index (χ1) is 6.22. The largest absolute Gasteiger partial charge is 0.493 e. The van der Waals surface area contributed by atoms with Gasteiger partial charge in [-0.3, -0.25) is 0 Å². The molecule has 0 aliphatic rings. The average Bonchev–Trinajstić information content (AvgIpc) is 2.16. The van der Waals surface area contributed by atoms with Gasteiger partial charge in [-0.05, 0) is 28.7 Å². The van der Waals surface area contributed by atoms with E-state index in [2.05, 4.69) is 28.7 Å². The van der Waals surface area contributed by atoms with E-state index in [1.54, 1.807) is 26.4 Å². The summed E-state index contributed by atoms with van der Waals surface area (Å²) in [5.41, 5.74) is 0.571. The highest BCUT2D eigenvalue weighted by Crippen LogP contribution is 2.33. The number of nitriles is 1. The lowest BCUT2D eigenvalue weighted by atomic mass is 10.2. The summed E-state index contributed by atoms with van der Waals surface area (Å²) in [4.78, 5) is 0. The van der Waals surface area contributed by atoms with E-state index in [1.807, 2.05) is 0 Å². The molecule has 13 heavy (non-hydrogen) atoms. The molecule has 0 aromatic heterocycles. The molecule has 0 atom stereocenters. The van der Waals surface area contributed by atoms with Gasteiger partial charge < -0.3 is 9.47 Å². The van der Waals surface area contributed by atoms with Crippen molar-refractivity contribution in [2.75, 3.05) is 14.2 Å². The van der Waals surface area contributed by atoms with Crippen LogP contribution in [0.4, 0.5) is 0 Å². The van der Waals surface area contributed by atoms with Crippen molar-refractivity contribution in [3.8, 4) is 17.6 Å². The molecule has 0 aliphatic heterocycles. The standard InChI is InChI=1S/C9H8INO2/c1-12-8-4-6(5-11)3-7(10)9(8)13-2/h3-4H,1-2H3. The maximum absolute atomic E-state index is 8.70. The zero-order chi connectivity index (χ0) is 9.84. The van der Waals surface area contributed by atoms with E-state index in [0.717, 1.165) is 3.57 Å². The highest BCUT2D eigenvalue weighted by atomic mass is 127. The molecule has 0 spiro atoms. The maximum Gasteiger partial charge on any atom is 0.174 e. The van der Waals surface area contributed by atoms with Gasteiger partial charge in [0.2, 0.25) is 0 Å². The monoisotopic (exact) mass is 289 g/mol. The Kier molecular flexibility index (Phi) is 3.37. The summed E-state index contributed by atoms with van der Waals surface area (Å²) in [6.45, 7) is 0. The van der Waals surface area contributed by atoms with Gasteiger partial charge in [-0.2, -0.15) is 5.26 Å². The van der Waals surface area contributed by atoms with Gasteiger partial charge in [0.05, 0.1) is 29.4 Å². The summed E-state index contributed by atoms with van der Waals surface area (Å²) in [6, 6.07) is 5.46. The molecule has 0 N–H and O–H groups in total. The van der Waals surface area contributed by atoms with Crippen LogP contribution < -0.4 is 9.47 Å². The number of hydrogen-bond donors (Lipinski definition) is 0. The van der Waals surface area contributed by atoms with Gasteiger partial charge in [-0.15, -0.1) is 0 Å². The molecule has 0 saturated carbocycles. The smallest absolute Gasteiger partial charge is 0.174 e. The number of rotatable bonds is 2. The van der Waals surface area contributed by atoms with E-state index < -0.39 is 0 Å². The van der Waals surface area contributed by atoms with Gasteiger partial charge in [0.25, 0.3) is 0 Å². The van der Waals surface area contributed by atoms with Gasteiger partial charge in [-0.25, -0.2) is 0 Å². The van der Waals surface area contributed by atoms with Crippen LogP contribution >= 0.6 is 22.6 Å². The van der Waals surface area contributed by atoms with E-state index in [1.165, 1.54) is 0 Å². The Labute approximate surface area is 90.4 Å². The van der Waals surface area contributed by atoms with Gasteiger partial charge in [0, 0.05) is 6.07 Å². The number of methoxy groups -OCH3 is 2. The second kappa shape index (κ2) is 4.33. The van der Waals surface area contributed by atoms with Crippen molar-refractivity contribution in [1.29, 1.82) is 5.26 Å². The molecule has 1 rings (SSSR count). The van der Waals surface area contributed by atoms with E-state index in [0.29, 0.717) is 17.1 Å². The third-order valence-electron chi connectivity index (χ3n) is 1.56. The number of nitrogens with zero attached hydrogens (tertiary/aromatic N) is 1. The molecular formula is C9H8INO2. The molecule has 0 heterocycles. The SMILES string of the molecule is COc1cc(C#N)cc(I)c1OC. The molecule has 0 unspecified atom stereocenters. The van der Waals surface area contributed by atoms with Crippen molar-refractivity contribution >= 4 is 22.6 Å². The van der Waals surface area contributed by atoms with Gasteiger partial charge in [0.15, 0.2) is 11.5 Å². The van der Waals surface area contributed by atoms with Crippen LogP contribution in [-0.2, 0) is 0 Å². The van der Waals surface area contributed by atoms with Gasteiger partial charge >= 0.3 is 0 Å². The lowest BCUT2D eigenvalue weighted by molar-refractivity contribution is 0.353. The highest BCUT2D eigenvalue weighted by molar-refractivity contribution is 14.1. The Balaban J connectivity index is 3.31. The number of ether oxygens (including phenoxy) is 2. The Morgan fingerprint density at radius 3 is 2.46 bits per heavy atom. The van der Waals surface area contributed by atoms with Crippen molar-refractivity contribution in [3.63, 3.8) is 0 Å². The second-order valence-corrected chi connectivity index (χ2v) is 3.47. The van der Waals surface area contributed by atoms with Crippen LogP contribution in [0, 0.1) is 14.9 Å². The van der Waals surface area contributed by atoms with E-state index in [-0.39, 0.29) is 0 Å². The molecule has 3 nitrogen and oxygen atoms in total. The predicted octanol–water partition coefficient (Wildman–Crippen LogP) is 2.18. The minimum atomic E-state index is 0.571. The molecule has 0 amide bonds. The van der Waals surface area contributed by atoms with Crippen LogP contribution in [0.15, 0.2) is 12.1 Å². The van der Waals surface area contributed by atoms with Crippen LogP contribution in [0.5, 0.6) is 11.5 Å². The zero-order valence-corrected chi connectivity index (χ0v) is 9.45. The fraction of sp³-hybridized carbons (Fsp3) is 0.222. The summed E-state index contributed by atoms with van der Waals surface area (Å²) >= 11 is 2.10. The Bertz CT molecular complexity index is 357. The lowest BCUT2D eigenvalue weighted by Crippen LogP contribution is -1.94. The topological polar surface area (TPSA) is 42.2 Å². The predicted molar refractivity (Wildman–Crippen MR) is 57.0 cm³/mol. The zero-order valence-electron chi connectivity index (χ0n) is 7.30. The van der Waals surface area contributed by atoms with Crippen molar-refractivity contribution < 1.29 is 9.47 Å². The third kappa shape index (κ3) is 2.04. The molecule has 0 bridgehead atoms. The van der Waals surface area contributed by atoms with E-state index in [4.69, 9.17) is 14.7 Å². The lowest BCUT2D eigenvalue weighted by Gasteiger charge is -2.09. The van der Waals surface area contributed by atoms with E-state index in [9.17, 15) is 0 Å². The second-order valence-electron chi connectivity index (χ2n) is 2.31. The molecule has 0 saturated heterocycles. The van der Waals surface area contributed by atoms with Crippen LogP contribution in [0.2, 0.25) is 0 Å². The first-order valence-corrected chi connectivity index (χ1v) is 4.62.